The minimum absolute atomic E-state index is 0.0620. The molecule has 1 saturated heterocycles. The van der Waals surface area contributed by atoms with Gasteiger partial charge in [0.25, 0.3) is 0 Å². The largest absolute Gasteiger partial charge is 0.374 e. The van der Waals surface area contributed by atoms with Gasteiger partial charge in [0.15, 0.2) is 6.29 Å². The van der Waals surface area contributed by atoms with Crippen molar-refractivity contribution < 1.29 is 14.2 Å². The molecule has 1 aliphatic rings. The Morgan fingerprint density at radius 1 is 1.00 bits per heavy atom. The smallest absolute Gasteiger partial charge is 0.172 e. The topological polar surface area (TPSA) is 39.7 Å². The van der Waals surface area contributed by atoms with E-state index in [1.807, 2.05) is 24.3 Å². The Hall–Kier alpha value is -1.72. The zero-order valence-electron chi connectivity index (χ0n) is 14.1. The first-order chi connectivity index (χ1) is 11.8. The molecule has 3 atom stereocenters. The summed E-state index contributed by atoms with van der Waals surface area (Å²) in [4.78, 5) is 0. The molecular weight excluding hydrogens is 302 g/mol. The molecule has 4 heteroatoms. The van der Waals surface area contributed by atoms with E-state index in [9.17, 15) is 0 Å². The fourth-order valence-electron chi connectivity index (χ4n) is 2.97. The first-order valence-electron chi connectivity index (χ1n) is 8.42. The van der Waals surface area contributed by atoms with Gasteiger partial charge in [0.2, 0.25) is 0 Å². The van der Waals surface area contributed by atoms with Gasteiger partial charge in [0, 0.05) is 13.7 Å². The van der Waals surface area contributed by atoms with E-state index in [4.69, 9.17) is 14.2 Å². The Bertz CT molecular complexity index is 590. The number of nitrogens with one attached hydrogen (secondary N) is 1. The molecular formula is C20H25NO3. The fraction of sp³-hybridized carbons (Fsp3) is 0.400. The molecule has 24 heavy (non-hydrogen) atoms. The predicted molar refractivity (Wildman–Crippen MR) is 93.5 cm³/mol. The number of benzene rings is 2. The van der Waals surface area contributed by atoms with Crippen LogP contribution in [0, 0.1) is 0 Å². The van der Waals surface area contributed by atoms with Gasteiger partial charge in [-0.25, -0.2) is 0 Å². The highest BCUT2D eigenvalue weighted by atomic mass is 16.7. The van der Waals surface area contributed by atoms with Crippen LogP contribution in [-0.4, -0.2) is 32.2 Å². The van der Waals surface area contributed by atoms with Gasteiger partial charge in [-0.15, -0.1) is 0 Å². The van der Waals surface area contributed by atoms with Crippen LogP contribution in [0.3, 0.4) is 0 Å². The minimum Gasteiger partial charge on any atom is -0.374 e. The van der Waals surface area contributed by atoms with E-state index in [1.54, 1.807) is 7.11 Å². The van der Waals surface area contributed by atoms with Crippen LogP contribution in [-0.2, 0) is 27.4 Å². The van der Waals surface area contributed by atoms with Gasteiger partial charge in [0.1, 0.15) is 0 Å². The van der Waals surface area contributed by atoms with Crippen molar-refractivity contribution in [2.45, 2.75) is 38.0 Å². The summed E-state index contributed by atoms with van der Waals surface area (Å²) in [6, 6.07) is 20.7. The Morgan fingerprint density at radius 2 is 1.67 bits per heavy atom. The molecule has 0 unspecified atom stereocenters. The first-order valence-corrected chi connectivity index (χ1v) is 8.42. The van der Waals surface area contributed by atoms with Crippen LogP contribution in [0.25, 0.3) is 0 Å². The standard InChI is InChI=1S/C20H25NO3/c1-22-20-19(21-13-16-8-4-2-5-9-16)12-18(24-20)15-23-14-17-10-6-3-7-11-17/h2-11,18-21H,12-15H2,1H3/t18-,19-,20-/m0/s1. The van der Waals surface area contributed by atoms with Crippen molar-refractivity contribution >= 4 is 0 Å². The lowest BCUT2D eigenvalue weighted by Gasteiger charge is -2.18. The molecule has 0 amide bonds. The Balaban J connectivity index is 1.43. The summed E-state index contributed by atoms with van der Waals surface area (Å²) in [6.45, 7) is 2.01. The molecule has 0 radical (unpaired) electrons. The second-order valence-corrected chi connectivity index (χ2v) is 6.07. The maximum Gasteiger partial charge on any atom is 0.172 e. The Labute approximate surface area is 143 Å². The third-order valence-corrected chi connectivity index (χ3v) is 4.23. The SMILES string of the molecule is CO[C@H]1O[C@H](COCc2ccccc2)C[C@@H]1NCc1ccccc1. The maximum absolute atomic E-state index is 5.94. The molecule has 4 nitrogen and oxygen atoms in total. The zero-order chi connectivity index (χ0) is 16.6. The predicted octanol–water partition coefficient (Wildman–Crippen LogP) is 3.12. The van der Waals surface area contributed by atoms with Gasteiger partial charge in [0.05, 0.1) is 25.4 Å². The molecule has 0 spiro atoms. The lowest BCUT2D eigenvalue weighted by molar-refractivity contribution is -0.136. The third-order valence-electron chi connectivity index (χ3n) is 4.23. The second kappa shape index (κ2) is 8.94. The number of rotatable bonds is 8. The molecule has 128 valence electrons. The maximum atomic E-state index is 5.94. The number of hydrogen-bond donors (Lipinski definition) is 1. The van der Waals surface area contributed by atoms with Crippen LogP contribution in [0.5, 0.6) is 0 Å². The average Bonchev–Trinajstić information content (AvgIpc) is 3.04. The van der Waals surface area contributed by atoms with E-state index >= 15 is 0 Å². The molecule has 1 fully saturated rings. The van der Waals surface area contributed by atoms with Gasteiger partial charge in [-0.3, -0.25) is 0 Å². The molecule has 1 N–H and O–H groups in total. The van der Waals surface area contributed by atoms with E-state index in [0.29, 0.717) is 13.2 Å². The van der Waals surface area contributed by atoms with Crippen molar-refractivity contribution in [3.8, 4) is 0 Å². The van der Waals surface area contributed by atoms with E-state index in [2.05, 4.69) is 41.7 Å². The van der Waals surface area contributed by atoms with E-state index in [0.717, 1.165) is 13.0 Å². The summed E-state index contributed by atoms with van der Waals surface area (Å²) in [5, 5.41) is 3.53. The summed E-state index contributed by atoms with van der Waals surface area (Å²) in [7, 11) is 1.69. The average molecular weight is 327 g/mol. The highest BCUT2D eigenvalue weighted by Gasteiger charge is 2.35. The quantitative estimate of drug-likeness (QED) is 0.809. The van der Waals surface area contributed by atoms with Gasteiger partial charge in [-0.05, 0) is 17.5 Å². The van der Waals surface area contributed by atoms with Crippen LogP contribution in [0.1, 0.15) is 17.5 Å². The minimum atomic E-state index is -0.223. The van der Waals surface area contributed by atoms with Crippen molar-refractivity contribution in [1.82, 2.24) is 5.32 Å². The van der Waals surface area contributed by atoms with E-state index in [1.165, 1.54) is 11.1 Å². The lowest BCUT2D eigenvalue weighted by Crippen LogP contribution is -2.36. The highest BCUT2D eigenvalue weighted by Crippen LogP contribution is 2.22. The fourth-order valence-corrected chi connectivity index (χ4v) is 2.97. The molecule has 1 heterocycles. The van der Waals surface area contributed by atoms with Gasteiger partial charge >= 0.3 is 0 Å². The molecule has 0 aliphatic carbocycles. The molecule has 3 rings (SSSR count). The summed E-state index contributed by atoms with van der Waals surface area (Å²) in [6.07, 6.45) is 0.728. The number of hydrogen-bond acceptors (Lipinski definition) is 4. The molecule has 0 saturated carbocycles. The molecule has 0 bridgehead atoms. The van der Waals surface area contributed by atoms with Crippen molar-refractivity contribution in [3.63, 3.8) is 0 Å². The highest BCUT2D eigenvalue weighted by molar-refractivity contribution is 5.14. The molecule has 2 aromatic carbocycles. The van der Waals surface area contributed by atoms with Crippen molar-refractivity contribution in [3.05, 3.63) is 71.8 Å². The number of ether oxygens (including phenoxy) is 3. The Kier molecular flexibility index (Phi) is 6.38. The summed E-state index contributed by atoms with van der Waals surface area (Å²) < 4.78 is 17.2. The summed E-state index contributed by atoms with van der Waals surface area (Å²) in [5.74, 6) is 0. The monoisotopic (exact) mass is 327 g/mol. The van der Waals surface area contributed by atoms with Crippen molar-refractivity contribution in [2.24, 2.45) is 0 Å². The van der Waals surface area contributed by atoms with Crippen molar-refractivity contribution in [2.75, 3.05) is 13.7 Å². The van der Waals surface area contributed by atoms with Gasteiger partial charge < -0.3 is 19.5 Å². The zero-order valence-corrected chi connectivity index (χ0v) is 14.1. The van der Waals surface area contributed by atoms with Gasteiger partial charge in [-0.2, -0.15) is 0 Å². The van der Waals surface area contributed by atoms with Crippen molar-refractivity contribution in [1.29, 1.82) is 0 Å². The number of methoxy groups -OCH3 is 1. The lowest BCUT2D eigenvalue weighted by atomic mass is 10.1. The normalized spacial score (nSPS) is 23.5. The van der Waals surface area contributed by atoms with E-state index < -0.39 is 0 Å². The molecule has 1 aliphatic heterocycles. The molecule has 2 aromatic rings. The second-order valence-electron chi connectivity index (χ2n) is 6.07. The summed E-state index contributed by atoms with van der Waals surface area (Å²) >= 11 is 0. The van der Waals surface area contributed by atoms with Crippen LogP contribution in [0.2, 0.25) is 0 Å². The van der Waals surface area contributed by atoms with Crippen LogP contribution >= 0.6 is 0 Å². The molecule has 0 aromatic heterocycles. The van der Waals surface area contributed by atoms with Crippen LogP contribution in [0.4, 0.5) is 0 Å². The Morgan fingerprint density at radius 3 is 2.33 bits per heavy atom. The van der Waals surface area contributed by atoms with Crippen LogP contribution < -0.4 is 5.32 Å². The van der Waals surface area contributed by atoms with Gasteiger partial charge in [-0.1, -0.05) is 60.7 Å². The third kappa shape index (κ3) is 4.89. The summed E-state index contributed by atoms with van der Waals surface area (Å²) in [5.41, 5.74) is 2.44. The first kappa shape index (κ1) is 17.1. The van der Waals surface area contributed by atoms with E-state index in [-0.39, 0.29) is 18.4 Å². The van der Waals surface area contributed by atoms with Crippen LogP contribution in [0.15, 0.2) is 60.7 Å².